The van der Waals surface area contributed by atoms with Gasteiger partial charge in [0.05, 0.1) is 11.8 Å². The largest absolute Gasteiger partial charge is 0.508 e. The quantitative estimate of drug-likeness (QED) is 0.346. The number of Topliss-reactive ketones (excluding diaryl/α,β-unsaturated/α-hetero) is 1. The molecule has 4 aromatic carbocycles. The van der Waals surface area contributed by atoms with Crippen molar-refractivity contribution >= 4 is 5.78 Å². The maximum absolute atomic E-state index is 14.2. The molecular formula is C27H22O5. The Bertz CT molecular complexity index is 1080. The third-order valence-electron chi connectivity index (χ3n) is 5.38. The average molecular weight is 426 g/mol. The van der Waals surface area contributed by atoms with Gasteiger partial charge in [0.1, 0.15) is 23.0 Å². The minimum atomic E-state index is -0.816. The van der Waals surface area contributed by atoms with Gasteiger partial charge in [0.2, 0.25) is 0 Å². The summed E-state index contributed by atoms with van der Waals surface area (Å²) in [5, 5.41) is 40.3. The number of aromatic hydroxyl groups is 4. The van der Waals surface area contributed by atoms with E-state index >= 15 is 0 Å². The number of carbonyl (C=O) groups is 1. The number of rotatable bonds is 6. The number of carbonyl (C=O) groups excluding carboxylic acids is 1. The van der Waals surface area contributed by atoms with Crippen LogP contribution in [-0.4, -0.2) is 26.2 Å². The van der Waals surface area contributed by atoms with Crippen molar-refractivity contribution in [1.82, 2.24) is 0 Å². The second-order valence-electron chi connectivity index (χ2n) is 7.65. The minimum Gasteiger partial charge on any atom is -0.508 e. The van der Waals surface area contributed by atoms with Crippen LogP contribution in [0.4, 0.5) is 0 Å². The molecule has 0 heterocycles. The van der Waals surface area contributed by atoms with Gasteiger partial charge in [0.25, 0.3) is 0 Å². The van der Waals surface area contributed by atoms with Crippen LogP contribution in [0.2, 0.25) is 0 Å². The van der Waals surface area contributed by atoms with E-state index in [2.05, 4.69) is 0 Å². The predicted molar refractivity (Wildman–Crippen MR) is 121 cm³/mol. The summed E-state index contributed by atoms with van der Waals surface area (Å²) >= 11 is 0. The summed E-state index contributed by atoms with van der Waals surface area (Å²) in [7, 11) is 0. The van der Waals surface area contributed by atoms with E-state index in [1.165, 1.54) is 48.5 Å². The lowest BCUT2D eigenvalue weighted by Crippen LogP contribution is -2.23. The van der Waals surface area contributed by atoms with E-state index < -0.39 is 11.8 Å². The number of benzene rings is 4. The second kappa shape index (κ2) is 8.86. The molecule has 160 valence electrons. The van der Waals surface area contributed by atoms with Crippen molar-refractivity contribution in [2.75, 3.05) is 0 Å². The molecule has 0 aromatic heterocycles. The van der Waals surface area contributed by atoms with Crippen molar-refractivity contribution in [3.8, 4) is 23.0 Å². The number of hydrogen-bond donors (Lipinski definition) is 4. The van der Waals surface area contributed by atoms with E-state index in [0.29, 0.717) is 22.3 Å². The Morgan fingerprint density at radius 2 is 0.719 bits per heavy atom. The fraction of sp³-hybridized carbons (Fsp3) is 0.0741. The standard InChI is InChI=1S/C27H22O5/c28-21-9-1-5-17(13-21)25(18-6-2-10-22(29)14-18)27(32)26(19-7-3-11-23(30)15-19)20-8-4-12-24(31)16-20/h1-16,25-26,28-31H. The second-order valence-corrected chi connectivity index (χ2v) is 7.65. The van der Waals surface area contributed by atoms with Crippen LogP contribution in [-0.2, 0) is 4.79 Å². The molecule has 5 heteroatoms. The van der Waals surface area contributed by atoms with E-state index in [4.69, 9.17) is 0 Å². The summed E-state index contributed by atoms with van der Waals surface area (Å²) < 4.78 is 0. The molecule has 0 bridgehead atoms. The van der Waals surface area contributed by atoms with Crippen LogP contribution in [0.25, 0.3) is 0 Å². The van der Waals surface area contributed by atoms with Gasteiger partial charge in [0, 0.05) is 0 Å². The summed E-state index contributed by atoms with van der Waals surface area (Å²) in [5.41, 5.74) is 2.24. The van der Waals surface area contributed by atoms with Crippen LogP contribution in [0, 0.1) is 0 Å². The first-order valence-corrected chi connectivity index (χ1v) is 10.1. The highest BCUT2D eigenvalue weighted by Gasteiger charge is 2.32. The first-order valence-electron chi connectivity index (χ1n) is 10.1. The number of ketones is 1. The van der Waals surface area contributed by atoms with E-state index in [0.717, 1.165) is 0 Å². The Labute approximate surface area is 185 Å². The monoisotopic (exact) mass is 426 g/mol. The average Bonchev–Trinajstić information content (AvgIpc) is 2.74. The molecule has 0 amide bonds. The van der Waals surface area contributed by atoms with Crippen molar-refractivity contribution < 1.29 is 25.2 Å². The Balaban J connectivity index is 1.92. The van der Waals surface area contributed by atoms with Gasteiger partial charge in [-0.25, -0.2) is 0 Å². The van der Waals surface area contributed by atoms with Crippen LogP contribution < -0.4 is 0 Å². The summed E-state index contributed by atoms with van der Waals surface area (Å²) in [6.07, 6.45) is 0. The normalized spacial score (nSPS) is 11.1. The number of hydrogen-bond acceptors (Lipinski definition) is 5. The molecule has 0 aliphatic rings. The lowest BCUT2D eigenvalue weighted by Gasteiger charge is -2.25. The Kier molecular flexibility index (Phi) is 5.81. The van der Waals surface area contributed by atoms with Gasteiger partial charge in [0.15, 0.2) is 5.78 Å². The minimum absolute atomic E-state index is 0.0201. The van der Waals surface area contributed by atoms with Gasteiger partial charge in [-0.2, -0.15) is 0 Å². The molecule has 32 heavy (non-hydrogen) atoms. The summed E-state index contributed by atoms with van der Waals surface area (Å²) in [6.45, 7) is 0. The highest BCUT2D eigenvalue weighted by atomic mass is 16.3. The number of phenolic OH excluding ortho intramolecular Hbond substituents is 4. The molecule has 0 aliphatic carbocycles. The smallest absolute Gasteiger partial charge is 0.156 e. The van der Waals surface area contributed by atoms with Crippen molar-refractivity contribution in [2.24, 2.45) is 0 Å². The fourth-order valence-corrected chi connectivity index (χ4v) is 4.03. The van der Waals surface area contributed by atoms with E-state index in [1.54, 1.807) is 48.5 Å². The van der Waals surface area contributed by atoms with Crippen LogP contribution in [0.3, 0.4) is 0 Å². The van der Waals surface area contributed by atoms with Gasteiger partial charge >= 0.3 is 0 Å². The van der Waals surface area contributed by atoms with E-state index in [-0.39, 0.29) is 28.8 Å². The molecular weight excluding hydrogens is 404 g/mol. The van der Waals surface area contributed by atoms with Crippen LogP contribution in [0.1, 0.15) is 34.1 Å². The van der Waals surface area contributed by atoms with Crippen LogP contribution in [0.5, 0.6) is 23.0 Å². The molecule has 0 saturated carbocycles. The molecule has 0 radical (unpaired) electrons. The van der Waals surface area contributed by atoms with E-state index in [9.17, 15) is 25.2 Å². The van der Waals surface area contributed by atoms with Crippen molar-refractivity contribution in [2.45, 2.75) is 11.8 Å². The summed E-state index contributed by atoms with van der Waals surface area (Å²) in [6, 6.07) is 25.8. The molecule has 0 atom stereocenters. The lowest BCUT2D eigenvalue weighted by molar-refractivity contribution is -0.120. The zero-order valence-electron chi connectivity index (χ0n) is 17.1. The predicted octanol–water partition coefficient (Wildman–Crippen LogP) is 5.04. The number of phenols is 4. The van der Waals surface area contributed by atoms with Crippen molar-refractivity contribution in [3.63, 3.8) is 0 Å². The van der Waals surface area contributed by atoms with Crippen molar-refractivity contribution in [3.05, 3.63) is 119 Å². The van der Waals surface area contributed by atoms with Gasteiger partial charge in [-0.05, 0) is 70.8 Å². The summed E-state index contributed by atoms with van der Waals surface area (Å²) in [5.74, 6) is -1.79. The maximum Gasteiger partial charge on any atom is 0.156 e. The van der Waals surface area contributed by atoms with Gasteiger partial charge in [-0.1, -0.05) is 48.5 Å². The zero-order chi connectivity index (χ0) is 22.7. The van der Waals surface area contributed by atoms with Crippen LogP contribution >= 0.6 is 0 Å². The SMILES string of the molecule is O=C(C(c1cccc(O)c1)c1cccc(O)c1)C(c1cccc(O)c1)c1cccc(O)c1. The van der Waals surface area contributed by atoms with Gasteiger partial charge in [-0.15, -0.1) is 0 Å². The summed E-state index contributed by atoms with van der Waals surface area (Å²) in [4.78, 5) is 14.2. The Morgan fingerprint density at radius 1 is 0.469 bits per heavy atom. The highest BCUT2D eigenvalue weighted by molar-refractivity contribution is 5.97. The first kappa shape index (κ1) is 21.0. The first-order chi connectivity index (χ1) is 15.4. The van der Waals surface area contributed by atoms with Crippen molar-refractivity contribution in [1.29, 1.82) is 0 Å². The van der Waals surface area contributed by atoms with Gasteiger partial charge < -0.3 is 20.4 Å². The molecule has 0 spiro atoms. The molecule has 0 saturated heterocycles. The Hall–Kier alpha value is -4.25. The lowest BCUT2D eigenvalue weighted by atomic mass is 9.77. The topological polar surface area (TPSA) is 98.0 Å². The Morgan fingerprint density at radius 3 is 0.938 bits per heavy atom. The van der Waals surface area contributed by atoms with E-state index in [1.807, 2.05) is 0 Å². The molecule has 4 aromatic rings. The van der Waals surface area contributed by atoms with Crippen LogP contribution in [0.15, 0.2) is 97.1 Å². The molecule has 0 fully saturated rings. The van der Waals surface area contributed by atoms with Gasteiger partial charge in [-0.3, -0.25) is 4.79 Å². The molecule has 0 unspecified atom stereocenters. The third kappa shape index (κ3) is 4.42. The highest BCUT2D eigenvalue weighted by Crippen LogP contribution is 2.38. The fourth-order valence-electron chi connectivity index (χ4n) is 4.03. The third-order valence-corrected chi connectivity index (χ3v) is 5.38. The molecule has 5 nitrogen and oxygen atoms in total. The molecule has 0 aliphatic heterocycles. The molecule has 4 N–H and O–H groups in total. The maximum atomic E-state index is 14.2. The molecule has 4 rings (SSSR count). The zero-order valence-corrected chi connectivity index (χ0v) is 17.1.